The van der Waals surface area contributed by atoms with Gasteiger partial charge in [0.25, 0.3) is 0 Å². The smallest absolute Gasteiger partial charge is 0.497 e. The zero-order valence-corrected chi connectivity index (χ0v) is 16.2. The van der Waals surface area contributed by atoms with Gasteiger partial charge in [-0.05, 0) is 24.3 Å². The SMILES string of the molecule is COc1ccc(-c2cnoc2-c2cc(OC)c3c(c2)OCO3)c(OP(=O)(O)O)c1. The summed E-state index contributed by atoms with van der Waals surface area (Å²) < 4.78 is 43.0. The standard InChI is InChI=1S/C18H16NO9P/c1-23-11-3-4-12(14(7-11)28-29(20,21)22)13-8-19-27-17(13)10-5-15(24-2)18-16(6-10)25-9-26-18/h3-8H,9H2,1-2H3,(H2,20,21,22). The summed E-state index contributed by atoms with van der Waals surface area (Å²) in [6, 6.07) is 7.96. The minimum absolute atomic E-state index is 0.0666. The Morgan fingerprint density at radius 2 is 1.86 bits per heavy atom. The number of hydrogen-bond acceptors (Lipinski definition) is 8. The van der Waals surface area contributed by atoms with Crippen LogP contribution in [0.1, 0.15) is 0 Å². The van der Waals surface area contributed by atoms with Crippen LogP contribution in [0.2, 0.25) is 0 Å². The molecule has 1 aromatic heterocycles. The summed E-state index contributed by atoms with van der Waals surface area (Å²) in [6.07, 6.45) is 1.42. The molecule has 2 aromatic carbocycles. The summed E-state index contributed by atoms with van der Waals surface area (Å²) in [5, 5.41) is 3.84. The molecule has 0 unspecified atom stereocenters. The molecule has 0 amide bonds. The van der Waals surface area contributed by atoms with Gasteiger partial charge in [0.2, 0.25) is 12.5 Å². The van der Waals surface area contributed by atoms with E-state index < -0.39 is 7.82 Å². The highest BCUT2D eigenvalue weighted by atomic mass is 31.2. The van der Waals surface area contributed by atoms with Crippen LogP contribution >= 0.6 is 7.82 Å². The second-order valence-electron chi connectivity index (χ2n) is 5.92. The molecular weight excluding hydrogens is 405 g/mol. The van der Waals surface area contributed by atoms with Crippen molar-refractivity contribution in [1.29, 1.82) is 0 Å². The third kappa shape index (κ3) is 3.73. The van der Waals surface area contributed by atoms with Crippen LogP contribution < -0.4 is 23.5 Å². The van der Waals surface area contributed by atoms with Crippen LogP contribution in [0.25, 0.3) is 22.5 Å². The monoisotopic (exact) mass is 421 g/mol. The lowest BCUT2D eigenvalue weighted by molar-refractivity contribution is 0.171. The number of hydrogen-bond donors (Lipinski definition) is 2. The van der Waals surface area contributed by atoms with E-state index in [9.17, 15) is 14.4 Å². The zero-order valence-electron chi connectivity index (χ0n) is 15.3. The molecule has 10 nitrogen and oxygen atoms in total. The van der Waals surface area contributed by atoms with Crippen LogP contribution in [-0.4, -0.2) is 36.0 Å². The van der Waals surface area contributed by atoms with Crippen LogP contribution in [0.5, 0.6) is 28.7 Å². The van der Waals surface area contributed by atoms with E-state index in [2.05, 4.69) is 5.16 Å². The molecule has 0 saturated heterocycles. The van der Waals surface area contributed by atoms with Gasteiger partial charge in [0, 0.05) is 17.2 Å². The fourth-order valence-electron chi connectivity index (χ4n) is 2.96. The molecule has 1 aliphatic heterocycles. The van der Waals surface area contributed by atoms with E-state index in [1.54, 1.807) is 24.3 Å². The number of phosphoric ester groups is 1. The fraction of sp³-hybridized carbons (Fsp3) is 0.167. The van der Waals surface area contributed by atoms with Crippen LogP contribution in [0.15, 0.2) is 41.1 Å². The van der Waals surface area contributed by atoms with E-state index in [0.717, 1.165) is 0 Å². The normalized spacial score (nSPS) is 12.7. The average Bonchev–Trinajstić information content (AvgIpc) is 3.35. The lowest BCUT2D eigenvalue weighted by Gasteiger charge is -2.13. The highest BCUT2D eigenvalue weighted by Crippen LogP contribution is 2.48. The van der Waals surface area contributed by atoms with Crippen LogP contribution in [-0.2, 0) is 4.57 Å². The number of benzene rings is 2. The van der Waals surface area contributed by atoms with Crippen molar-refractivity contribution in [2.75, 3.05) is 21.0 Å². The third-order valence-corrected chi connectivity index (χ3v) is 4.62. The Bertz CT molecular complexity index is 1100. The molecule has 4 rings (SSSR count). The van der Waals surface area contributed by atoms with Gasteiger partial charge < -0.3 is 28.0 Å². The molecule has 29 heavy (non-hydrogen) atoms. The van der Waals surface area contributed by atoms with Crippen molar-refractivity contribution in [3.8, 4) is 51.2 Å². The van der Waals surface area contributed by atoms with Gasteiger partial charge in [-0.15, -0.1) is 0 Å². The average molecular weight is 421 g/mol. The maximum atomic E-state index is 11.4. The molecule has 0 fully saturated rings. The van der Waals surface area contributed by atoms with Gasteiger partial charge in [0.15, 0.2) is 17.3 Å². The van der Waals surface area contributed by atoms with E-state index >= 15 is 0 Å². The lowest BCUT2D eigenvalue weighted by atomic mass is 10.0. The molecule has 2 N–H and O–H groups in total. The van der Waals surface area contributed by atoms with E-state index in [4.69, 9.17) is 28.0 Å². The van der Waals surface area contributed by atoms with Gasteiger partial charge in [-0.25, -0.2) is 4.57 Å². The molecule has 0 bridgehead atoms. The Balaban J connectivity index is 1.85. The van der Waals surface area contributed by atoms with Gasteiger partial charge in [0.1, 0.15) is 11.5 Å². The number of fused-ring (bicyclic) bond motifs is 1. The molecule has 152 valence electrons. The summed E-state index contributed by atoms with van der Waals surface area (Å²) in [5.41, 5.74) is 1.36. The minimum Gasteiger partial charge on any atom is -0.497 e. The van der Waals surface area contributed by atoms with E-state index in [1.165, 1.54) is 26.5 Å². The fourth-order valence-corrected chi connectivity index (χ4v) is 3.36. The zero-order chi connectivity index (χ0) is 20.6. The maximum absolute atomic E-state index is 11.4. The first-order valence-corrected chi connectivity index (χ1v) is 9.79. The summed E-state index contributed by atoms with van der Waals surface area (Å²) in [7, 11) is -1.89. The predicted octanol–water partition coefficient (Wildman–Crippen LogP) is 3.23. The number of methoxy groups -OCH3 is 2. The summed E-state index contributed by atoms with van der Waals surface area (Å²) in [4.78, 5) is 18.6. The van der Waals surface area contributed by atoms with Gasteiger partial charge in [0.05, 0.1) is 26.0 Å². The number of phosphoric acid groups is 1. The molecule has 0 spiro atoms. The van der Waals surface area contributed by atoms with Crippen LogP contribution in [0.4, 0.5) is 0 Å². The maximum Gasteiger partial charge on any atom is 0.524 e. The van der Waals surface area contributed by atoms with E-state index in [1.807, 2.05) is 0 Å². The Morgan fingerprint density at radius 3 is 2.59 bits per heavy atom. The Hall–Kier alpha value is -3.20. The highest BCUT2D eigenvalue weighted by molar-refractivity contribution is 7.46. The van der Waals surface area contributed by atoms with Crippen LogP contribution in [0, 0.1) is 0 Å². The summed E-state index contributed by atoms with van der Waals surface area (Å²) in [6.45, 7) is 0.0666. The van der Waals surface area contributed by atoms with Crippen molar-refractivity contribution < 1.29 is 42.3 Å². The molecule has 11 heteroatoms. The second kappa shape index (κ2) is 7.32. The molecule has 0 saturated carbocycles. The molecule has 0 atom stereocenters. The topological polar surface area (TPSA) is 130 Å². The first kappa shape index (κ1) is 19.1. The van der Waals surface area contributed by atoms with Crippen molar-refractivity contribution in [2.45, 2.75) is 0 Å². The Morgan fingerprint density at radius 1 is 1.03 bits per heavy atom. The first-order chi connectivity index (χ1) is 13.9. The van der Waals surface area contributed by atoms with Gasteiger partial charge >= 0.3 is 7.82 Å². The quantitative estimate of drug-likeness (QED) is 0.572. The van der Waals surface area contributed by atoms with Crippen molar-refractivity contribution in [3.63, 3.8) is 0 Å². The predicted molar refractivity (Wildman–Crippen MR) is 99.3 cm³/mol. The van der Waals surface area contributed by atoms with Crippen molar-refractivity contribution in [3.05, 3.63) is 36.5 Å². The third-order valence-electron chi connectivity index (χ3n) is 4.19. The summed E-state index contributed by atoms with van der Waals surface area (Å²) in [5.74, 6) is 1.99. The highest BCUT2D eigenvalue weighted by Gasteiger charge is 2.26. The van der Waals surface area contributed by atoms with Gasteiger partial charge in [-0.1, -0.05) is 5.16 Å². The molecular formula is C18H16NO9P. The Labute approximate surface area is 164 Å². The van der Waals surface area contributed by atoms with E-state index in [-0.39, 0.29) is 12.5 Å². The van der Waals surface area contributed by atoms with Crippen molar-refractivity contribution >= 4 is 7.82 Å². The number of aromatic nitrogens is 1. The van der Waals surface area contributed by atoms with Crippen molar-refractivity contribution in [1.82, 2.24) is 5.16 Å². The summed E-state index contributed by atoms with van der Waals surface area (Å²) >= 11 is 0. The van der Waals surface area contributed by atoms with Crippen molar-refractivity contribution in [2.24, 2.45) is 0 Å². The second-order valence-corrected chi connectivity index (χ2v) is 7.09. The largest absolute Gasteiger partial charge is 0.524 e. The minimum atomic E-state index is -4.82. The lowest BCUT2D eigenvalue weighted by Crippen LogP contribution is -1.94. The molecule has 1 aliphatic rings. The Kier molecular flexibility index (Phi) is 4.83. The van der Waals surface area contributed by atoms with Gasteiger partial charge in [-0.3, -0.25) is 9.79 Å². The van der Waals surface area contributed by atoms with Crippen LogP contribution in [0.3, 0.4) is 0 Å². The number of rotatable bonds is 6. The number of ether oxygens (including phenoxy) is 4. The first-order valence-electron chi connectivity index (χ1n) is 8.26. The molecule has 0 aliphatic carbocycles. The molecule has 2 heterocycles. The van der Waals surface area contributed by atoms with E-state index in [0.29, 0.717) is 45.4 Å². The molecule has 0 radical (unpaired) electrons. The number of nitrogens with zero attached hydrogens (tertiary/aromatic N) is 1. The molecule has 3 aromatic rings. The van der Waals surface area contributed by atoms with Gasteiger partial charge in [-0.2, -0.15) is 0 Å².